The van der Waals surface area contributed by atoms with Crippen molar-refractivity contribution in [2.24, 2.45) is 21.7 Å². The molecule has 66 valence electrons. The second-order valence-electron chi connectivity index (χ2n) is 1.90. The molecule has 6 heteroatoms. The van der Waals surface area contributed by atoms with E-state index in [4.69, 9.17) is 11.6 Å². The van der Waals surface area contributed by atoms with Crippen LogP contribution in [0.25, 0.3) is 0 Å². The highest BCUT2D eigenvalue weighted by Gasteiger charge is 1.95. The molecule has 0 saturated heterocycles. The number of nitrogens with two attached hydrogens (primary N) is 2. The van der Waals surface area contributed by atoms with Crippen LogP contribution in [0.3, 0.4) is 0 Å². The molecule has 0 heterocycles. The molecule has 4 nitrogen and oxygen atoms in total. The fourth-order valence-corrected chi connectivity index (χ4v) is 0.953. The number of halogens is 1. The smallest absolute Gasteiger partial charge is 0.160 e. The normalized spacial score (nSPS) is 12.1. The molecule has 4 N–H and O–H groups in total. The third-order valence-corrected chi connectivity index (χ3v) is 1.43. The van der Waals surface area contributed by atoms with E-state index >= 15 is 0 Å². The third kappa shape index (κ3) is 9.77. The van der Waals surface area contributed by atoms with Crippen LogP contribution in [0.2, 0.25) is 0 Å². The molecule has 0 bridgehead atoms. The summed E-state index contributed by atoms with van der Waals surface area (Å²) >= 11 is 1.48. The van der Waals surface area contributed by atoms with Crippen LogP contribution in [0.4, 0.5) is 0 Å². The Kier molecular flexibility index (Phi) is 9.57. The fourth-order valence-electron chi connectivity index (χ4n) is 0.362. The minimum absolute atomic E-state index is 0. The Morgan fingerprint density at radius 3 is 2.45 bits per heavy atom. The molecule has 11 heavy (non-hydrogen) atoms. The molecule has 0 amide bonds. The van der Waals surface area contributed by atoms with Crippen LogP contribution >= 0.6 is 28.7 Å². The molecular weight excluding hydrogens is 228 g/mol. The van der Waals surface area contributed by atoms with Gasteiger partial charge in [-0.25, -0.2) is 4.99 Å². The molecule has 0 aromatic carbocycles. The van der Waals surface area contributed by atoms with Crippen molar-refractivity contribution < 1.29 is 0 Å². The Bertz CT molecular complexity index is 145. The highest BCUT2D eigenvalue weighted by Crippen LogP contribution is 2.07. The predicted molar refractivity (Wildman–Crippen MR) is 57.4 cm³/mol. The summed E-state index contributed by atoms with van der Waals surface area (Å²) < 4.78 is 0. The van der Waals surface area contributed by atoms with Crippen LogP contribution in [0, 0.1) is 0 Å². The van der Waals surface area contributed by atoms with Gasteiger partial charge in [0.2, 0.25) is 0 Å². The van der Waals surface area contributed by atoms with Gasteiger partial charge in [0.25, 0.3) is 0 Å². The van der Waals surface area contributed by atoms with E-state index in [1.54, 1.807) is 0 Å². The zero-order valence-corrected chi connectivity index (χ0v) is 9.05. The van der Waals surface area contributed by atoms with Crippen molar-refractivity contribution >= 4 is 40.2 Å². The van der Waals surface area contributed by atoms with E-state index in [1.807, 2.05) is 13.8 Å². The van der Waals surface area contributed by atoms with Crippen LogP contribution in [0.5, 0.6) is 0 Å². The number of rotatable bonds is 2. The lowest BCUT2D eigenvalue weighted by Crippen LogP contribution is -2.09. The molecule has 0 rings (SSSR count). The molecule has 0 unspecified atom stereocenters. The van der Waals surface area contributed by atoms with Gasteiger partial charge in [0.15, 0.2) is 5.17 Å². The molecule has 0 radical (unpaired) electrons. The number of hydrogen-bond acceptors (Lipinski definition) is 3. The van der Waals surface area contributed by atoms with Crippen molar-refractivity contribution in [3.05, 3.63) is 0 Å². The lowest BCUT2D eigenvalue weighted by Gasteiger charge is -2.00. The van der Waals surface area contributed by atoms with Crippen LogP contribution < -0.4 is 11.6 Å². The maximum Gasteiger partial charge on any atom is 0.160 e. The van der Waals surface area contributed by atoms with E-state index in [-0.39, 0.29) is 17.0 Å². The van der Waals surface area contributed by atoms with Gasteiger partial charge < -0.3 is 11.6 Å². The minimum atomic E-state index is 0. The van der Waals surface area contributed by atoms with Crippen LogP contribution in [-0.2, 0) is 0 Å². The summed E-state index contributed by atoms with van der Waals surface area (Å²) in [6, 6.07) is 0. The second-order valence-corrected chi connectivity index (χ2v) is 3.50. The first-order valence-corrected chi connectivity index (χ1v) is 3.76. The molecule has 0 atom stereocenters. The van der Waals surface area contributed by atoms with Gasteiger partial charge in [0, 0.05) is 5.25 Å². The number of hydrazone groups is 1. The van der Waals surface area contributed by atoms with Gasteiger partial charge in [0.1, 0.15) is 6.34 Å². The molecule has 0 aliphatic rings. The van der Waals surface area contributed by atoms with Crippen LogP contribution in [0.1, 0.15) is 13.8 Å². The van der Waals surface area contributed by atoms with Crippen molar-refractivity contribution in [2.75, 3.05) is 0 Å². The zero-order valence-electron chi connectivity index (χ0n) is 6.52. The summed E-state index contributed by atoms with van der Waals surface area (Å²) in [5.41, 5.74) is 5.43. The molecule has 0 aliphatic heterocycles. The summed E-state index contributed by atoms with van der Waals surface area (Å²) in [5, 5.41) is 4.11. The maximum atomic E-state index is 5.43. The van der Waals surface area contributed by atoms with Gasteiger partial charge in [-0.15, -0.1) is 17.0 Å². The zero-order chi connectivity index (χ0) is 7.98. The van der Waals surface area contributed by atoms with E-state index in [0.29, 0.717) is 10.4 Å². The molecule has 0 aromatic heterocycles. The number of thioether (sulfide) groups is 1. The number of aliphatic imine (C=N–C) groups is 1. The molecule has 0 fully saturated rings. The largest absolute Gasteiger partial charge is 0.378 e. The maximum absolute atomic E-state index is 5.43. The molecule has 0 saturated carbocycles. The lowest BCUT2D eigenvalue weighted by molar-refractivity contribution is 1.12. The topological polar surface area (TPSA) is 76.8 Å². The summed E-state index contributed by atoms with van der Waals surface area (Å²) in [6.07, 6.45) is 1.23. The van der Waals surface area contributed by atoms with Crippen molar-refractivity contribution in [1.29, 1.82) is 0 Å². The summed E-state index contributed by atoms with van der Waals surface area (Å²) in [6.45, 7) is 4.07. The van der Waals surface area contributed by atoms with E-state index < -0.39 is 0 Å². The first-order chi connectivity index (χ1) is 4.66. The van der Waals surface area contributed by atoms with Gasteiger partial charge in [0.05, 0.1) is 0 Å². The highest BCUT2D eigenvalue weighted by atomic mass is 79.9. The van der Waals surface area contributed by atoms with Gasteiger partial charge in [-0.2, -0.15) is 5.10 Å². The Morgan fingerprint density at radius 1 is 1.55 bits per heavy atom. The quantitative estimate of drug-likeness (QED) is 0.326. The van der Waals surface area contributed by atoms with Crippen LogP contribution in [-0.4, -0.2) is 16.8 Å². The monoisotopic (exact) mass is 240 g/mol. The van der Waals surface area contributed by atoms with Crippen molar-refractivity contribution in [1.82, 2.24) is 0 Å². The first-order valence-electron chi connectivity index (χ1n) is 2.88. The van der Waals surface area contributed by atoms with Crippen molar-refractivity contribution in [3.63, 3.8) is 0 Å². The SMILES string of the molecule is Br.CC(C)SC(N)=N/C=N\N. The molecule has 0 aromatic rings. The summed E-state index contributed by atoms with van der Waals surface area (Å²) in [4.78, 5) is 3.72. The van der Waals surface area contributed by atoms with Crippen molar-refractivity contribution in [2.45, 2.75) is 19.1 Å². The van der Waals surface area contributed by atoms with Gasteiger partial charge in [-0.3, -0.25) is 0 Å². The Morgan fingerprint density at radius 2 is 2.09 bits per heavy atom. The lowest BCUT2D eigenvalue weighted by atomic mass is 10.6. The second kappa shape index (κ2) is 7.87. The average Bonchev–Trinajstić information content (AvgIpc) is 1.82. The summed E-state index contributed by atoms with van der Waals surface area (Å²) in [7, 11) is 0. The average molecular weight is 241 g/mol. The van der Waals surface area contributed by atoms with E-state index in [1.165, 1.54) is 18.1 Å². The van der Waals surface area contributed by atoms with E-state index in [2.05, 4.69) is 10.1 Å². The minimum Gasteiger partial charge on any atom is -0.378 e. The Balaban J connectivity index is 0. The third-order valence-electron chi connectivity index (χ3n) is 0.608. The standard InChI is InChI=1S/C5H12N4S.BrH/c1-4(2)10-5(6)8-3-9-7;/h3-4H,7H2,1-2H3,(H2,6,8,9);1H. The molecule has 0 aliphatic carbocycles. The Hall–Kier alpha value is -0.230. The van der Waals surface area contributed by atoms with Gasteiger partial charge in [-0.05, 0) is 0 Å². The molecule has 0 spiro atoms. The molecular formula is C5H13BrN4S. The fraction of sp³-hybridized carbons (Fsp3) is 0.600. The van der Waals surface area contributed by atoms with Crippen LogP contribution in [0.15, 0.2) is 10.1 Å². The predicted octanol–water partition coefficient (Wildman–Crippen LogP) is 0.923. The first kappa shape index (κ1) is 13.4. The van der Waals surface area contributed by atoms with Gasteiger partial charge >= 0.3 is 0 Å². The number of nitrogens with zero attached hydrogens (tertiary/aromatic N) is 2. The van der Waals surface area contributed by atoms with Gasteiger partial charge in [-0.1, -0.05) is 25.6 Å². The van der Waals surface area contributed by atoms with E-state index in [9.17, 15) is 0 Å². The number of hydrogen-bond donors (Lipinski definition) is 2. The summed E-state index contributed by atoms with van der Waals surface area (Å²) in [5.74, 6) is 4.81. The highest BCUT2D eigenvalue weighted by molar-refractivity contribution is 8.93. The van der Waals surface area contributed by atoms with Crippen molar-refractivity contribution in [3.8, 4) is 0 Å². The number of amidine groups is 1. The van der Waals surface area contributed by atoms with E-state index in [0.717, 1.165) is 0 Å². The Labute approximate surface area is 81.3 Å².